The van der Waals surface area contributed by atoms with E-state index < -0.39 is 0 Å². The largest absolute Gasteiger partial charge is 0.385 e. The van der Waals surface area contributed by atoms with Crippen molar-refractivity contribution in [2.75, 3.05) is 30.9 Å². The van der Waals surface area contributed by atoms with Crippen LogP contribution in [0.2, 0.25) is 0 Å². The first-order chi connectivity index (χ1) is 15.6. The highest BCUT2D eigenvalue weighted by molar-refractivity contribution is 6.04. The Morgan fingerprint density at radius 3 is 2.41 bits per heavy atom. The Hall–Kier alpha value is -3.71. The highest BCUT2D eigenvalue weighted by Gasteiger charge is 2.35. The van der Waals surface area contributed by atoms with Crippen LogP contribution in [0.15, 0.2) is 72.8 Å². The van der Waals surface area contributed by atoms with Gasteiger partial charge in [0.25, 0.3) is 11.8 Å². The molecule has 3 aromatic rings. The Kier molecular flexibility index (Phi) is 6.47. The van der Waals surface area contributed by atoms with Gasteiger partial charge < -0.3 is 20.3 Å². The molecule has 0 bridgehead atoms. The van der Waals surface area contributed by atoms with E-state index in [4.69, 9.17) is 4.74 Å². The topological polar surface area (TPSA) is 70.7 Å². The molecule has 0 fully saturated rings. The van der Waals surface area contributed by atoms with Crippen LogP contribution in [-0.4, -0.2) is 37.0 Å². The molecule has 2 amide bonds. The predicted octanol–water partition coefficient (Wildman–Crippen LogP) is 4.68. The third kappa shape index (κ3) is 4.63. The van der Waals surface area contributed by atoms with Gasteiger partial charge in [0.15, 0.2) is 0 Å². The van der Waals surface area contributed by atoms with Crippen LogP contribution in [0, 0.1) is 5.82 Å². The maximum absolute atomic E-state index is 13.0. The van der Waals surface area contributed by atoms with E-state index in [2.05, 4.69) is 10.6 Å². The minimum atomic E-state index is -0.360. The van der Waals surface area contributed by atoms with Gasteiger partial charge in [-0.05, 0) is 61.0 Å². The number of nitrogens with zero attached hydrogens (tertiary/aromatic N) is 1. The number of fused-ring (bicyclic) bond motifs is 1. The molecule has 0 saturated carbocycles. The molecule has 1 unspecified atom stereocenters. The second-order valence-electron chi connectivity index (χ2n) is 7.52. The van der Waals surface area contributed by atoms with Gasteiger partial charge in [-0.25, -0.2) is 4.39 Å². The number of methoxy groups -OCH3 is 1. The van der Waals surface area contributed by atoms with Crippen LogP contribution in [0.1, 0.15) is 38.9 Å². The summed E-state index contributed by atoms with van der Waals surface area (Å²) < 4.78 is 18.2. The molecule has 1 atom stereocenters. The molecule has 32 heavy (non-hydrogen) atoms. The number of benzene rings is 3. The molecule has 0 saturated heterocycles. The highest BCUT2D eigenvalue weighted by Crippen LogP contribution is 2.34. The van der Waals surface area contributed by atoms with Crippen molar-refractivity contribution >= 4 is 23.2 Å². The Labute approximate surface area is 186 Å². The van der Waals surface area contributed by atoms with E-state index in [1.165, 1.54) is 24.3 Å². The van der Waals surface area contributed by atoms with Crippen LogP contribution in [0.5, 0.6) is 0 Å². The van der Waals surface area contributed by atoms with Crippen molar-refractivity contribution in [3.05, 3.63) is 95.3 Å². The minimum absolute atomic E-state index is 0.00972. The smallest absolute Gasteiger partial charge is 0.256 e. The zero-order valence-electron chi connectivity index (χ0n) is 17.7. The highest BCUT2D eigenvalue weighted by atomic mass is 19.1. The molecule has 7 heteroatoms. The van der Waals surface area contributed by atoms with E-state index in [9.17, 15) is 14.0 Å². The lowest BCUT2D eigenvalue weighted by Gasteiger charge is -2.27. The van der Waals surface area contributed by atoms with Gasteiger partial charge in [0.2, 0.25) is 0 Å². The summed E-state index contributed by atoms with van der Waals surface area (Å²) in [6, 6.07) is 20.2. The van der Waals surface area contributed by atoms with Gasteiger partial charge in [-0.3, -0.25) is 9.59 Å². The van der Waals surface area contributed by atoms with Crippen molar-refractivity contribution < 1.29 is 18.7 Å². The molecule has 3 aromatic carbocycles. The summed E-state index contributed by atoms with van der Waals surface area (Å²) in [5.41, 5.74) is 3.39. The third-order valence-corrected chi connectivity index (χ3v) is 5.36. The van der Waals surface area contributed by atoms with Crippen LogP contribution >= 0.6 is 0 Å². The van der Waals surface area contributed by atoms with Gasteiger partial charge >= 0.3 is 0 Å². The fraction of sp³-hybridized carbons (Fsp3) is 0.200. The maximum Gasteiger partial charge on any atom is 0.256 e. The van der Waals surface area contributed by atoms with Crippen molar-refractivity contribution in [3.8, 4) is 0 Å². The number of ether oxygens (including phenoxy) is 1. The number of anilines is 2. The van der Waals surface area contributed by atoms with Gasteiger partial charge in [-0.15, -0.1) is 0 Å². The zero-order chi connectivity index (χ0) is 22.5. The number of carbonyl (C=O) groups excluding carboxylic acids is 2. The van der Waals surface area contributed by atoms with Crippen molar-refractivity contribution in [1.82, 2.24) is 4.90 Å². The average Bonchev–Trinajstić information content (AvgIpc) is 3.07. The molecule has 0 aliphatic carbocycles. The number of hydrogen-bond donors (Lipinski definition) is 2. The van der Waals surface area contributed by atoms with Crippen molar-refractivity contribution in [3.63, 3.8) is 0 Å². The van der Waals surface area contributed by atoms with Crippen molar-refractivity contribution in [2.24, 2.45) is 0 Å². The molecule has 164 valence electrons. The average molecular weight is 433 g/mol. The van der Waals surface area contributed by atoms with E-state index in [0.29, 0.717) is 30.0 Å². The van der Waals surface area contributed by atoms with Gasteiger partial charge in [0.1, 0.15) is 12.0 Å². The van der Waals surface area contributed by atoms with E-state index in [-0.39, 0.29) is 23.8 Å². The maximum atomic E-state index is 13.0. The van der Waals surface area contributed by atoms with E-state index in [1.54, 1.807) is 36.3 Å². The quantitative estimate of drug-likeness (QED) is 0.506. The molecule has 0 spiro atoms. The van der Waals surface area contributed by atoms with Crippen LogP contribution < -0.4 is 10.6 Å². The second-order valence-corrected chi connectivity index (χ2v) is 7.52. The Morgan fingerprint density at radius 1 is 1.00 bits per heavy atom. The summed E-state index contributed by atoms with van der Waals surface area (Å²) in [6.07, 6.45) is 0.436. The van der Waals surface area contributed by atoms with E-state index in [1.807, 2.05) is 24.3 Å². The summed E-state index contributed by atoms with van der Waals surface area (Å²) in [5.74, 6) is -0.656. The lowest BCUT2D eigenvalue weighted by molar-refractivity contribution is 0.0721. The van der Waals surface area contributed by atoms with Crippen LogP contribution in [0.3, 0.4) is 0 Å². The normalized spacial score (nSPS) is 14.9. The van der Waals surface area contributed by atoms with Gasteiger partial charge in [0.05, 0.1) is 0 Å². The molecule has 1 aliphatic heterocycles. The molecular weight excluding hydrogens is 409 g/mol. The zero-order valence-corrected chi connectivity index (χ0v) is 17.7. The Bertz CT molecular complexity index is 1100. The SMILES string of the molecule is COCCCN1C(=O)c2ccccc2C1Nc1ccc(C(=O)Nc2ccc(F)cc2)cc1. The van der Waals surface area contributed by atoms with Crippen LogP contribution in [-0.2, 0) is 4.74 Å². The summed E-state index contributed by atoms with van der Waals surface area (Å²) >= 11 is 0. The number of carbonyl (C=O) groups is 2. The first-order valence-corrected chi connectivity index (χ1v) is 10.4. The Morgan fingerprint density at radius 2 is 1.69 bits per heavy atom. The summed E-state index contributed by atoms with van der Waals surface area (Å²) in [6.45, 7) is 1.14. The predicted molar refractivity (Wildman–Crippen MR) is 121 cm³/mol. The first kappa shape index (κ1) is 21.5. The molecule has 0 aromatic heterocycles. The van der Waals surface area contributed by atoms with E-state index in [0.717, 1.165) is 17.7 Å². The second kappa shape index (κ2) is 9.62. The monoisotopic (exact) mass is 433 g/mol. The standard InChI is InChI=1S/C25H24FN3O3/c1-32-16-4-15-29-23(21-5-2-3-6-22(21)25(29)31)27-19-11-7-17(8-12-19)24(30)28-20-13-9-18(26)10-14-20/h2-3,5-14,23,27H,4,15-16H2,1H3,(H,28,30). The van der Waals surface area contributed by atoms with Gasteiger partial charge in [-0.2, -0.15) is 0 Å². The molecule has 4 rings (SSSR count). The molecule has 6 nitrogen and oxygen atoms in total. The van der Waals surface area contributed by atoms with Crippen molar-refractivity contribution in [1.29, 1.82) is 0 Å². The van der Waals surface area contributed by atoms with Gasteiger partial charge in [-0.1, -0.05) is 18.2 Å². The third-order valence-electron chi connectivity index (χ3n) is 5.36. The number of amides is 2. The summed E-state index contributed by atoms with van der Waals surface area (Å²) in [7, 11) is 1.64. The number of hydrogen-bond acceptors (Lipinski definition) is 4. The van der Waals surface area contributed by atoms with Crippen LogP contribution in [0.4, 0.5) is 15.8 Å². The number of nitrogens with one attached hydrogen (secondary N) is 2. The summed E-state index contributed by atoms with van der Waals surface area (Å²) in [5, 5.41) is 6.16. The lowest BCUT2D eigenvalue weighted by Crippen LogP contribution is -2.33. The lowest BCUT2D eigenvalue weighted by atomic mass is 10.1. The first-order valence-electron chi connectivity index (χ1n) is 10.4. The molecular formula is C25H24FN3O3. The fourth-order valence-corrected chi connectivity index (χ4v) is 3.75. The molecule has 1 aliphatic rings. The number of rotatable bonds is 8. The molecule has 0 radical (unpaired) electrons. The fourth-order valence-electron chi connectivity index (χ4n) is 3.75. The molecule has 2 N–H and O–H groups in total. The van der Waals surface area contributed by atoms with Crippen molar-refractivity contribution in [2.45, 2.75) is 12.6 Å². The number of halogens is 1. The van der Waals surface area contributed by atoms with E-state index >= 15 is 0 Å². The summed E-state index contributed by atoms with van der Waals surface area (Å²) in [4.78, 5) is 27.2. The Balaban J connectivity index is 1.48. The van der Waals surface area contributed by atoms with Gasteiger partial charge in [0, 0.05) is 48.3 Å². The van der Waals surface area contributed by atoms with Crippen LogP contribution in [0.25, 0.3) is 0 Å². The molecule has 1 heterocycles. The minimum Gasteiger partial charge on any atom is -0.385 e.